The van der Waals surface area contributed by atoms with E-state index in [-0.39, 0.29) is 11.9 Å². The fourth-order valence-electron chi connectivity index (χ4n) is 2.89. The molecule has 1 N–H and O–H groups in total. The van der Waals surface area contributed by atoms with E-state index in [0.717, 1.165) is 55.7 Å². The van der Waals surface area contributed by atoms with Gasteiger partial charge < -0.3 is 18.8 Å². The van der Waals surface area contributed by atoms with Crippen LogP contribution in [0.2, 0.25) is 0 Å². The quantitative estimate of drug-likeness (QED) is 0.553. The molecule has 6 nitrogen and oxygen atoms in total. The molecular weight excluding hydrogens is 314 g/mol. The van der Waals surface area contributed by atoms with E-state index < -0.39 is 0 Å². The van der Waals surface area contributed by atoms with Gasteiger partial charge in [-0.3, -0.25) is 4.79 Å². The van der Waals surface area contributed by atoms with Crippen LogP contribution < -0.4 is 0 Å². The third kappa shape index (κ3) is 5.51. The summed E-state index contributed by atoms with van der Waals surface area (Å²) in [5.74, 6) is 1.77. The predicted molar refractivity (Wildman–Crippen MR) is 90.4 cm³/mol. The van der Waals surface area contributed by atoms with Crippen LogP contribution >= 0.6 is 12.0 Å². The highest BCUT2D eigenvalue weighted by atomic mass is 32.2. The topological polar surface area (TPSA) is 67.6 Å². The maximum absolute atomic E-state index is 12.9. The molecule has 0 saturated carbocycles. The number of rotatable bonds is 9. The zero-order chi connectivity index (χ0) is 16.5. The number of morpholine rings is 1. The molecule has 0 aliphatic carbocycles. The van der Waals surface area contributed by atoms with E-state index in [0.29, 0.717) is 26.3 Å². The third-order valence-electron chi connectivity index (χ3n) is 4.20. The molecule has 1 fully saturated rings. The number of ether oxygens (including phenoxy) is 1. The zero-order valence-corrected chi connectivity index (χ0v) is 14.6. The van der Waals surface area contributed by atoms with Gasteiger partial charge in [0.05, 0.1) is 13.2 Å². The Hall–Kier alpha value is -1.05. The Bertz CT molecular complexity index is 475. The summed E-state index contributed by atoms with van der Waals surface area (Å²) in [7, 11) is 0. The summed E-state index contributed by atoms with van der Waals surface area (Å²) >= 11 is 0.900. The lowest BCUT2D eigenvalue weighted by atomic mass is 10.1. The highest BCUT2D eigenvalue weighted by Crippen LogP contribution is 2.21. The van der Waals surface area contributed by atoms with Crippen molar-refractivity contribution in [2.75, 3.05) is 32.1 Å². The molecule has 1 aliphatic heterocycles. The smallest absolute Gasteiger partial charge is 0.245 e. The minimum atomic E-state index is -0.195. The molecule has 2 rings (SSSR count). The van der Waals surface area contributed by atoms with Gasteiger partial charge in [0.15, 0.2) is 0 Å². The first-order valence-electron chi connectivity index (χ1n) is 8.28. The van der Waals surface area contributed by atoms with E-state index in [9.17, 15) is 4.79 Å². The number of unbranched alkanes of at least 4 members (excludes halogenated alkanes) is 3. The van der Waals surface area contributed by atoms with Gasteiger partial charge in [0.25, 0.3) is 0 Å². The summed E-state index contributed by atoms with van der Waals surface area (Å²) in [5.41, 5.74) is 0. The van der Waals surface area contributed by atoms with Crippen LogP contribution in [-0.4, -0.2) is 57.0 Å². The Balaban J connectivity index is 1.92. The minimum absolute atomic E-state index is 0.161. The number of hydrogen-bond acceptors (Lipinski definition) is 5. The van der Waals surface area contributed by atoms with Gasteiger partial charge in [0.1, 0.15) is 18.1 Å². The van der Waals surface area contributed by atoms with E-state index in [1.807, 2.05) is 16.4 Å². The van der Waals surface area contributed by atoms with Crippen molar-refractivity contribution in [3.63, 3.8) is 0 Å². The second-order valence-electron chi connectivity index (χ2n) is 5.81. The van der Waals surface area contributed by atoms with Crippen molar-refractivity contribution >= 4 is 17.9 Å². The molecular formula is C16H26N3O3S. The number of aryl methyl sites for hydroxylation is 1. The Morgan fingerprint density at radius 1 is 1.39 bits per heavy atom. The van der Waals surface area contributed by atoms with E-state index in [4.69, 9.17) is 9.29 Å². The van der Waals surface area contributed by atoms with Gasteiger partial charge in [-0.25, -0.2) is 4.98 Å². The van der Waals surface area contributed by atoms with Crippen LogP contribution in [0.4, 0.5) is 0 Å². The van der Waals surface area contributed by atoms with Crippen LogP contribution in [-0.2, 0) is 9.53 Å². The molecule has 23 heavy (non-hydrogen) atoms. The van der Waals surface area contributed by atoms with Crippen LogP contribution in [0.25, 0.3) is 0 Å². The first-order valence-corrected chi connectivity index (χ1v) is 9.22. The maximum atomic E-state index is 12.9. The van der Waals surface area contributed by atoms with Crippen LogP contribution in [0.15, 0.2) is 6.20 Å². The second kappa shape index (κ2) is 9.95. The van der Waals surface area contributed by atoms with Gasteiger partial charge in [-0.15, -0.1) is 0 Å². The van der Waals surface area contributed by atoms with Crippen molar-refractivity contribution in [3.05, 3.63) is 18.2 Å². The normalized spacial score (nSPS) is 16.5. The fraction of sp³-hybridized carbons (Fsp3) is 0.750. The predicted octanol–water partition coefficient (Wildman–Crippen LogP) is 2.55. The molecule has 0 spiro atoms. The number of nitrogens with zero attached hydrogens (tertiary/aromatic N) is 3. The second-order valence-corrected chi connectivity index (χ2v) is 6.48. The van der Waals surface area contributed by atoms with Gasteiger partial charge in [-0.1, -0.05) is 19.3 Å². The van der Waals surface area contributed by atoms with Crippen LogP contribution in [0.3, 0.4) is 0 Å². The zero-order valence-electron chi connectivity index (χ0n) is 13.7. The molecule has 1 radical (unpaired) electrons. The van der Waals surface area contributed by atoms with Crippen molar-refractivity contribution in [3.8, 4) is 0 Å². The summed E-state index contributed by atoms with van der Waals surface area (Å²) in [4.78, 5) is 18.9. The van der Waals surface area contributed by atoms with E-state index >= 15 is 0 Å². The van der Waals surface area contributed by atoms with Crippen LogP contribution in [0, 0.1) is 13.1 Å². The highest BCUT2D eigenvalue weighted by molar-refractivity contribution is 7.93. The van der Waals surface area contributed by atoms with Gasteiger partial charge in [0.2, 0.25) is 5.91 Å². The summed E-state index contributed by atoms with van der Waals surface area (Å²) in [6, 6.07) is -0.195. The highest BCUT2D eigenvalue weighted by Gasteiger charge is 2.27. The Morgan fingerprint density at radius 2 is 2.13 bits per heavy atom. The molecule has 129 valence electrons. The van der Waals surface area contributed by atoms with Crippen LogP contribution in [0.5, 0.6) is 0 Å². The largest absolute Gasteiger partial charge is 0.378 e. The van der Waals surface area contributed by atoms with E-state index in [2.05, 4.69) is 11.2 Å². The molecule has 1 saturated heterocycles. The molecule has 0 aromatic carbocycles. The summed E-state index contributed by atoms with van der Waals surface area (Å²) < 4.78 is 16.0. The Kier molecular flexibility index (Phi) is 7.91. The molecule has 1 aromatic rings. The number of amides is 1. The minimum Gasteiger partial charge on any atom is -0.378 e. The molecule has 1 aliphatic rings. The van der Waals surface area contributed by atoms with Gasteiger partial charge >= 0.3 is 0 Å². The van der Waals surface area contributed by atoms with Gasteiger partial charge in [-0.2, -0.15) is 0 Å². The SMILES string of the molecule is Cc1n[c]cn1C(CCCCCCSO)C(=O)N1CCOCC1. The lowest BCUT2D eigenvalue weighted by molar-refractivity contribution is -0.139. The number of carbonyl (C=O) groups is 1. The fourth-order valence-corrected chi connectivity index (χ4v) is 3.22. The molecule has 2 heterocycles. The van der Waals surface area contributed by atoms with E-state index in [1.54, 1.807) is 6.20 Å². The summed E-state index contributed by atoms with van der Waals surface area (Å²) in [6.45, 7) is 4.48. The van der Waals surface area contributed by atoms with E-state index in [1.165, 1.54) is 0 Å². The van der Waals surface area contributed by atoms with Gasteiger partial charge in [-0.05, 0) is 31.8 Å². The molecule has 7 heteroatoms. The Labute approximate surface area is 142 Å². The molecule has 1 aromatic heterocycles. The van der Waals surface area contributed by atoms with Crippen LogP contribution in [0.1, 0.15) is 44.0 Å². The molecule has 1 amide bonds. The summed E-state index contributed by atoms with van der Waals surface area (Å²) in [6.07, 6.45) is 9.60. The number of carbonyl (C=O) groups excluding carboxylic acids is 1. The lowest BCUT2D eigenvalue weighted by Crippen LogP contribution is -2.44. The third-order valence-corrected chi connectivity index (χ3v) is 4.67. The average molecular weight is 340 g/mol. The van der Waals surface area contributed by atoms with Crippen molar-refractivity contribution < 1.29 is 14.1 Å². The summed E-state index contributed by atoms with van der Waals surface area (Å²) in [5, 5.41) is 0. The van der Waals surface area contributed by atoms with Crippen molar-refractivity contribution in [2.24, 2.45) is 0 Å². The Morgan fingerprint density at radius 3 is 2.78 bits per heavy atom. The van der Waals surface area contributed by atoms with Crippen molar-refractivity contribution in [2.45, 2.75) is 45.1 Å². The first-order chi connectivity index (χ1) is 11.2. The maximum Gasteiger partial charge on any atom is 0.245 e. The van der Waals surface area contributed by atoms with Crippen molar-refractivity contribution in [1.82, 2.24) is 14.5 Å². The number of hydrogen-bond donors (Lipinski definition) is 1. The monoisotopic (exact) mass is 340 g/mol. The van der Waals surface area contributed by atoms with Gasteiger partial charge in [0, 0.05) is 25.0 Å². The standard InChI is InChI=1S/C16H26N3O3S/c1-14-17-7-8-19(14)15(6-4-2-3-5-13-23-21)16(20)18-9-11-22-12-10-18/h8,15,21H,2-6,9-13H2,1H3. The molecule has 1 atom stereocenters. The first kappa shape index (κ1) is 18.3. The van der Waals surface area contributed by atoms with Crippen molar-refractivity contribution in [1.29, 1.82) is 0 Å². The number of aromatic nitrogens is 2. The lowest BCUT2D eigenvalue weighted by Gasteiger charge is -2.31. The average Bonchev–Trinajstić information content (AvgIpc) is 3.00. The molecule has 0 bridgehead atoms. The number of imidazole rings is 1. The molecule has 1 unspecified atom stereocenters.